The maximum absolute atomic E-state index is 12.1. The van der Waals surface area contributed by atoms with E-state index in [2.05, 4.69) is 21.2 Å². The van der Waals surface area contributed by atoms with Crippen LogP contribution in [0.15, 0.2) is 34.1 Å². The highest BCUT2D eigenvalue weighted by Gasteiger charge is 2.15. The van der Waals surface area contributed by atoms with Gasteiger partial charge < -0.3 is 11.1 Å². The molecule has 2 amide bonds. The molecule has 98 valence electrons. The molecule has 0 unspecified atom stereocenters. The SMILES string of the molecule is NC(=O)c1ccsc1NC(=O)c1cc(Cl)ccc1Br. The normalized spacial score (nSPS) is 10.2. The van der Waals surface area contributed by atoms with E-state index in [0.29, 0.717) is 20.1 Å². The third-order valence-electron chi connectivity index (χ3n) is 2.33. The Morgan fingerprint density at radius 3 is 2.68 bits per heavy atom. The van der Waals surface area contributed by atoms with Gasteiger partial charge >= 0.3 is 0 Å². The second-order valence-electron chi connectivity index (χ2n) is 3.61. The third kappa shape index (κ3) is 3.15. The maximum Gasteiger partial charge on any atom is 0.257 e. The van der Waals surface area contributed by atoms with Crippen LogP contribution >= 0.6 is 38.9 Å². The first kappa shape index (κ1) is 14.0. The predicted octanol–water partition coefficient (Wildman–Crippen LogP) is 3.52. The quantitative estimate of drug-likeness (QED) is 0.880. The summed E-state index contributed by atoms with van der Waals surface area (Å²) >= 11 is 10.4. The molecule has 19 heavy (non-hydrogen) atoms. The van der Waals surface area contributed by atoms with E-state index in [1.165, 1.54) is 11.3 Å². The van der Waals surface area contributed by atoms with Crippen LogP contribution in [0, 0.1) is 0 Å². The van der Waals surface area contributed by atoms with Gasteiger partial charge in [-0.05, 0) is 45.6 Å². The van der Waals surface area contributed by atoms with Gasteiger partial charge in [-0.15, -0.1) is 11.3 Å². The van der Waals surface area contributed by atoms with Crippen LogP contribution in [-0.4, -0.2) is 11.8 Å². The molecule has 1 aromatic heterocycles. The Bertz CT molecular complexity index is 657. The van der Waals surface area contributed by atoms with Crippen molar-refractivity contribution >= 4 is 55.7 Å². The van der Waals surface area contributed by atoms with Gasteiger partial charge in [0, 0.05) is 9.50 Å². The minimum Gasteiger partial charge on any atom is -0.366 e. The molecule has 7 heteroatoms. The topological polar surface area (TPSA) is 72.2 Å². The lowest BCUT2D eigenvalue weighted by atomic mass is 10.2. The lowest BCUT2D eigenvalue weighted by Gasteiger charge is -2.06. The molecule has 1 heterocycles. The molecule has 0 aliphatic rings. The fourth-order valence-corrected chi connectivity index (χ4v) is 2.83. The van der Waals surface area contributed by atoms with Gasteiger partial charge in [0.15, 0.2) is 0 Å². The number of anilines is 1. The maximum atomic E-state index is 12.1. The Hall–Kier alpha value is -1.37. The summed E-state index contributed by atoms with van der Waals surface area (Å²) in [6, 6.07) is 6.46. The van der Waals surface area contributed by atoms with E-state index in [1.54, 1.807) is 29.6 Å². The van der Waals surface area contributed by atoms with Gasteiger partial charge in [-0.2, -0.15) is 0 Å². The summed E-state index contributed by atoms with van der Waals surface area (Å²) in [5.41, 5.74) is 5.89. The molecule has 2 aromatic rings. The summed E-state index contributed by atoms with van der Waals surface area (Å²) < 4.78 is 0.617. The van der Waals surface area contributed by atoms with Crippen LogP contribution in [0.25, 0.3) is 0 Å². The van der Waals surface area contributed by atoms with Crippen molar-refractivity contribution in [3.63, 3.8) is 0 Å². The molecule has 0 fully saturated rings. The molecule has 4 nitrogen and oxygen atoms in total. The number of hydrogen-bond acceptors (Lipinski definition) is 3. The van der Waals surface area contributed by atoms with Crippen molar-refractivity contribution in [1.29, 1.82) is 0 Å². The van der Waals surface area contributed by atoms with Gasteiger partial charge in [0.25, 0.3) is 11.8 Å². The van der Waals surface area contributed by atoms with E-state index in [0.717, 1.165) is 0 Å². The highest BCUT2D eigenvalue weighted by Crippen LogP contribution is 2.26. The second-order valence-corrected chi connectivity index (χ2v) is 5.81. The average molecular weight is 360 g/mol. The van der Waals surface area contributed by atoms with Crippen LogP contribution in [0.2, 0.25) is 5.02 Å². The lowest BCUT2D eigenvalue weighted by Crippen LogP contribution is -2.16. The highest BCUT2D eigenvalue weighted by atomic mass is 79.9. The van der Waals surface area contributed by atoms with Crippen LogP contribution in [0.3, 0.4) is 0 Å². The minimum atomic E-state index is -0.582. The fraction of sp³-hybridized carbons (Fsp3) is 0. The van der Waals surface area contributed by atoms with Crippen LogP contribution < -0.4 is 11.1 Å². The smallest absolute Gasteiger partial charge is 0.257 e. The lowest BCUT2D eigenvalue weighted by molar-refractivity contribution is 0.100. The molecule has 3 N–H and O–H groups in total. The van der Waals surface area contributed by atoms with Crippen molar-refractivity contribution in [1.82, 2.24) is 0 Å². The second kappa shape index (κ2) is 5.73. The predicted molar refractivity (Wildman–Crippen MR) is 79.9 cm³/mol. The monoisotopic (exact) mass is 358 g/mol. The zero-order valence-corrected chi connectivity index (χ0v) is 12.6. The first-order valence-electron chi connectivity index (χ1n) is 5.12. The number of carbonyl (C=O) groups is 2. The van der Waals surface area contributed by atoms with E-state index >= 15 is 0 Å². The van der Waals surface area contributed by atoms with E-state index in [9.17, 15) is 9.59 Å². The number of halogens is 2. The Balaban J connectivity index is 2.28. The molecular weight excluding hydrogens is 352 g/mol. The Kier molecular flexibility index (Phi) is 4.24. The summed E-state index contributed by atoms with van der Waals surface area (Å²) in [7, 11) is 0. The van der Waals surface area contributed by atoms with Crippen LogP contribution in [0.4, 0.5) is 5.00 Å². The third-order valence-corrected chi connectivity index (χ3v) is 4.09. The van der Waals surface area contributed by atoms with Gasteiger partial charge in [0.2, 0.25) is 0 Å². The number of benzene rings is 1. The summed E-state index contributed by atoms with van der Waals surface area (Å²) in [5, 5.41) is 5.20. The number of nitrogens with two attached hydrogens (primary N) is 1. The van der Waals surface area contributed by atoms with E-state index in [1.807, 2.05) is 0 Å². The van der Waals surface area contributed by atoms with E-state index in [4.69, 9.17) is 17.3 Å². The Labute approximate surface area is 126 Å². The Morgan fingerprint density at radius 2 is 2.00 bits per heavy atom. The van der Waals surface area contributed by atoms with Gasteiger partial charge in [0.1, 0.15) is 5.00 Å². The van der Waals surface area contributed by atoms with Crippen molar-refractivity contribution in [2.75, 3.05) is 5.32 Å². The average Bonchev–Trinajstić information content (AvgIpc) is 2.80. The molecule has 0 radical (unpaired) electrons. The zero-order chi connectivity index (χ0) is 14.0. The number of nitrogens with one attached hydrogen (secondary N) is 1. The van der Waals surface area contributed by atoms with Gasteiger partial charge in [-0.3, -0.25) is 9.59 Å². The number of thiophene rings is 1. The van der Waals surface area contributed by atoms with Crippen molar-refractivity contribution in [3.8, 4) is 0 Å². The summed E-state index contributed by atoms with van der Waals surface area (Å²) in [5.74, 6) is -0.943. The number of primary amides is 1. The summed E-state index contributed by atoms with van der Waals surface area (Å²) in [6.45, 7) is 0. The minimum absolute atomic E-state index is 0.288. The Morgan fingerprint density at radius 1 is 1.26 bits per heavy atom. The van der Waals surface area contributed by atoms with E-state index in [-0.39, 0.29) is 11.5 Å². The van der Waals surface area contributed by atoms with Gasteiger partial charge in [-0.25, -0.2) is 0 Å². The summed E-state index contributed by atoms with van der Waals surface area (Å²) in [4.78, 5) is 23.3. The summed E-state index contributed by atoms with van der Waals surface area (Å²) in [6.07, 6.45) is 0. The van der Waals surface area contributed by atoms with Gasteiger partial charge in [0.05, 0.1) is 11.1 Å². The highest BCUT2D eigenvalue weighted by molar-refractivity contribution is 9.10. The first-order chi connectivity index (χ1) is 8.99. The van der Waals surface area contributed by atoms with Crippen molar-refractivity contribution in [2.45, 2.75) is 0 Å². The molecule has 0 saturated carbocycles. The van der Waals surface area contributed by atoms with E-state index < -0.39 is 5.91 Å². The molecule has 0 spiro atoms. The van der Waals surface area contributed by atoms with Crippen molar-refractivity contribution in [3.05, 3.63) is 50.3 Å². The largest absolute Gasteiger partial charge is 0.366 e. The molecule has 0 saturated heterocycles. The molecule has 0 bridgehead atoms. The molecule has 0 aliphatic heterocycles. The number of hydrogen-bond donors (Lipinski definition) is 2. The van der Waals surface area contributed by atoms with Gasteiger partial charge in [-0.1, -0.05) is 11.6 Å². The first-order valence-corrected chi connectivity index (χ1v) is 7.18. The molecule has 1 aromatic carbocycles. The number of rotatable bonds is 3. The number of carbonyl (C=O) groups excluding carboxylic acids is 2. The number of amides is 2. The van der Waals surface area contributed by atoms with Crippen molar-refractivity contribution < 1.29 is 9.59 Å². The van der Waals surface area contributed by atoms with Crippen molar-refractivity contribution in [2.24, 2.45) is 5.73 Å². The molecular formula is C12H8BrClN2O2S. The molecule has 0 aliphatic carbocycles. The zero-order valence-electron chi connectivity index (χ0n) is 9.44. The van der Waals surface area contributed by atoms with Crippen LogP contribution in [0.5, 0.6) is 0 Å². The standard InChI is InChI=1S/C12H8BrClN2O2S/c13-9-2-1-6(14)5-8(9)11(18)16-12-7(10(15)17)3-4-19-12/h1-5H,(H2,15,17)(H,16,18). The van der Waals surface area contributed by atoms with Crippen LogP contribution in [-0.2, 0) is 0 Å². The fourth-order valence-electron chi connectivity index (χ4n) is 1.44. The molecule has 2 rings (SSSR count). The van der Waals surface area contributed by atoms with Crippen LogP contribution in [0.1, 0.15) is 20.7 Å². The molecule has 0 atom stereocenters.